The fourth-order valence-electron chi connectivity index (χ4n) is 2.23. The van der Waals surface area contributed by atoms with E-state index >= 15 is 0 Å². The molecule has 2 aromatic carbocycles. The van der Waals surface area contributed by atoms with Crippen LogP contribution in [0.25, 0.3) is 0 Å². The third kappa shape index (κ3) is 5.31. The number of ether oxygens (including phenoxy) is 1. The summed E-state index contributed by atoms with van der Waals surface area (Å²) in [7, 11) is 0. The minimum Gasteiger partial charge on any atom is -0.494 e. The Morgan fingerprint density at radius 1 is 1.12 bits per heavy atom. The molecule has 26 heavy (non-hydrogen) atoms. The topological polar surface area (TPSA) is 64.1 Å². The standard InChI is InChI=1S/C19H19N3O2S2/c1-2-24-16-10-8-15(9-11-16)17(23)13-25-19-22-21-18(26-19)20-12-14-6-4-3-5-7-14/h3-11H,2,12-13H2,1H3,(H,20,21). The van der Waals surface area contributed by atoms with Crippen LogP contribution in [0.2, 0.25) is 0 Å². The maximum Gasteiger partial charge on any atom is 0.206 e. The zero-order chi connectivity index (χ0) is 18.2. The van der Waals surface area contributed by atoms with Crippen molar-refractivity contribution in [3.05, 3.63) is 65.7 Å². The molecule has 0 saturated heterocycles. The van der Waals surface area contributed by atoms with E-state index in [9.17, 15) is 4.79 Å². The average Bonchev–Trinajstić information content (AvgIpc) is 3.14. The first-order valence-electron chi connectivity index (χ1n) is 8.25. The summed E-state index contributed by atoms with van der Waals surface area (Å²) >= 11 is 2.86. The van der Waals surface area contributed by atoms with E-state index in [0.717, 1.165) is 15.2 Å². The average molecular weight is 386 g/mol. The van der Waals surface area contributed by atoms with Gasteiger partial charge in [-0.1, -0.05) is 53.4 Å². The number of Topliss-reactive ketones (excluding diaryl/α,β-unsaturated/α-hetero) is 1. The highest BCUT2D eigenvalue weighted by Gasteiger charge is 2.10. The number of nitrogens with zero attached hydrogens (tertiary/aromatic N) is 2. The van der Waals surface area contributed by atoms with Crippen molar-refractivity contribution in [1.82, 2.24) is 10.2 Å². The summed E-state index contributed by atoms with van der Waals surface area (Å²) in [4.78, 5) is 12.3. The van der Waals surface area contributed by atoms with Gasteiger partial charge in [0.05, 0.1) is 12.4 Å². The van der Waals surface area contributed by atoms with Crippen molar-refractivity contribution < 1.29 is 9.53 Å². The van der Waals surface area contributed by atoms with Gasteiger partial charge >= 0.3 is 0 Å². The lowest BCUT2D eigenvalue weighted by Gasteiger charge is -2.04. The molecule has 0 saturated carbocycles. The van der Waals surface area contributed by atoms with Crippen LogP contribution in [0.3, 0.4) is 0 Å². The fourth-order valence-corrected chi connectivity index (χ4v) is 3.87. The number of aromatic nitrogens is 2. The first kappa shape index (κ1) is 18.4. The van der Waals surface area contributed by atoms with E-state index in [4.69, 9.17) is 4.74 Å². The van der Waals surface area contributed by atoms with Crippen LogP contribution in [0.4, 0.5) is 5.13 Å². The molecule has 1 aromatic heterocycles. The number of ketones is 1. The number of nitrogens with one attached hydrogen (secondary N) is 1. The highest BCUT2D eigenvalue weighted by atomic mass is 32.2. The van der Waals surface area contributed by atoms with Crippen molar-refractivity contribution in [2.75, 3.05) is 17.7 Å². The number of anilines is 1. The molecule has 0 fully saturated rings. The van der Waals surface area contributed by atoms with E-state index in [1.165, 1.54) is 28.7 Å². The molecule has 1 N–H and O–H groups in total. The third-order valence-electron chi connectivity index (χ3n) is 3.51. The predicted octanol–water partition coefficient (Wildman–Crippen LogP) is 4.52. The first-order chi connectivity index (χ1) is 12.7. The van der Waals surface area contributed by atoms with E-state index < -0.39 is 0 Å². The molecule has 0 amide bonds. The molecule has 3 aromatic rings. The summed E-state index contributed by atoms with van der Waals surface area (Å²) in [6.45, 7) is 3.24. The Balaban J connectivity index is 1.48. The van der Waals surface area contributed by atoms with Crippen molar-refractivity contribution in [2.45, 2.75) is 17.8 Å². The molecule has 0 aliphatic rings. The lowest BCUT2D eigenvalue weighted by Crippen LogP contribution is -2.02. The molecule has 7 heteroatoms. The van der Waals surface area contributed by atoms with Crippen LogP contribution in [0.15, 0.2) is 58.9 Å². The van der Waals surface area contributed by atoms with Crippen molar-refractivity contribution in [3.63, 3.8) is 0 Å². The fraction of sp³-hybridized carbons (Fsp3) is 0.211. The van der Waals surface area contributed by atoms with E-state index in [2.05, 4.69) is 27.6 Å². The van der Waals surface area contributed by atoms with Gasteiger partial charge in [-0.2, -0.15) is 0 Å². The SMILES string of the molecule is CCOc1ccc(C(=O)CSc2nnc(NCc3ccccc3)s2)cc1. The molecule has 3 rings (SSSR count). The molecular formula is C19H19N3O2S2. The number of benzene rings is 2. The van der Waals surface area contributed by atoms with Crippen LogP contribution >= 0.6 is 23.1 Å². The Morgan fingerprint density at radius 2 is 1.88 bits per heavy atom. The van der Waals surface area contributed by atoms with Crippen LogP contribution in [-0.2, 0) is 6.54 Å². The predicted molar refractivity (Wildman–Crippen MR) is 106 cm³/mol. The van der Waals surface area contributed by atoms with Crippen molar-refractivity contribution in [3.8, 4) is 5.75 Å². The summed E-state index contributed by atoms with van der Waals surface area (Å²) < 4.78 is 6.17. The Kier molecular flexibility index (Phi) is 6.62. The summed E-state index contributed by atoms with van der Waals surface area (Å²) in [6, 6.07) is 17.3. The van der Waals surface area contributed by atoms with Crippen LogP contribution in [-0.4, -0.2) is 28.3 Å². The Hall–Kier alpha value is -2.38. The second-order valence-corrected chi connectivity index (χ2v) is 7.58. The molecule has 0 bridgehead atoms. The highest BCUT2D eigenvalue weighted by molar-refractivity contribution is 8.01. The summed E-state index contributed by atoms with van der Waals surface area (Å²) in [6.07, 6.45) is 0. The number of carbonyl (C=O) groups is 1. The van der Waals surface area contributed by atoms with E-state index in [1.807, 2.05) is 37.3 Å². The molecule has 1 heterocycles. The summed E-state index contributed by atoms with van der Waals surface area (Å²) in [5.74, 6) is 1.17. The maximum absolute atomic E-state index is 12.3. The number of thioether (sulfide) groups is 1. The van der Waals surface area contributed by atoms with Gasteiger partial charge in [-0.3, -0.25) is 4.79 Å². The zero-order valence-electron chi connectivity index (χ0n) is 14.3. The van der Waals surface area contributed by atoms with Gasteiger partial charge in [-0.05, 0) is 36.8 Å². The number of hydrogen-bond donors (Lipinski definition) is 1. The molecular weight excluding hydrogens is 366 g/mol. The lowest BCUT2D eigenvalue weighted by molar-refractivity contribution is 0.102. The van der Waals surface area contributed by atoms with Gasteiger partial charge in [0, 0.05) is 12.1 Å². The molecule has 0 spiro atoms. The van der Waals surface area contributed by atoms with Crippen molar-refractivity contribution in [2.24, 2.45) is 0 Å². The highest BCUT2D eigenvalue weighted by Crippen LogP contribution is 2.26. The third-order valence-corrected chi connectivity index (χ3v) is 5.52. The normalized spacial score (nSPS) is 10.5. The number of hydrogen-bond acceptors (Lipinski definition) is 7. The second kappa shape index (κ2) is 9.35. The van der Waals surface area contributed by atoms with Gasteiger partial charge in [0.25, 0.3) is 0 Å². The Bertz CT molecular complexity index is 836. The van der Waals surface area contributed by atoms with Gasteiger partial charge in [0.15, 0.2) is 10.1 Å². The zero-order valence-corrected chi connectivity index (χ0v) is 16.0. The summed E-state index contributed by atoms with van der Waals surface area (Å²) in [5, 5.41) is 12.3. The molecule has 5 nitrogen and oxygen atoms in total. The molecule has 0 unspecified atom stereocenters. The van der Waals surface area contributed by atoms with Gasteiger partial charge in [0.1, 0.15) is 5.75 Å². The van der Waals surface area contributed by atoms with Gasteiger partial charge in [-0.25, -0.2) is 0 Å². The van der Waals surface area contributed by atoms with E-state index in [0.29, 0.717) is 24.5 Å². The molecule has 0 radical (unpaired) electrons. The summed E-state index contributed by atoms with van der Waals surface area (Å²) in [5.41, 5.74) is 1.86. The molecule has 0 aliphatic heterocycles. The maximum atomic E-state index is 12.3. The van der Waals surface area contributed by atoms with Gasteiger partial charge in [0.2, 0.25) is 5.13 Å². The van der Waals surface area contributed by atoms with E-state index in [-0.39, 0.29) is 5.78 Å². The monoisotopic (exact) mass is 385 g/mol. The molecule has 0 atom stereocenters. The quantitative estimate of drug-likeness (QED) is 0.431. The molecule has 0 aliphatic carbocycles. The van der Waals surface area contributed by atoms with Crippen LogP contribution in [0, 0.1) is 0 Å². The molecule has 134 valence electrons. The van der Waals surface area contributed by atoms with Crippen LogP contribution in [0.5, 0.6) is 5.75 Å². The van der Waals surface area contributed by atoms with Crippen LogP contribution < -0.4 is 10.1 Å². The minimum absolute atomic E-state index is 0.0621. The number of carbonyl (C=O) groups excluding carboxylic acids is 1. The van der Waals surface area contributed by atoms with Gasteiger partial charge < -0.3 is 10.1 Å². The van der Waals surface area contributed by atoms with Gasteiger partial charge in [-0.15, -0.1) is 10.2 Å². The largest absolute Gasteiger partial charge is 0.494 e. The first-order valence-corrected chi connectivity index (χ1v) is 10.0. The van der Waals surface area contributed by atoms with Crippen molar-refractivity contribution in [1.29, 1.82) is 0 Å². The Morgan fingerprint density at radius 3 is 2.62 bits per heavy atom. The van der Waals surface area contributed by atoms with Crippen LogP contribution in [0.1, 0.15) is 22.8 Å². The smallest absolute Gasteiger partial charge is 0.206 e. The lowest BCUT2D eigenvalue weighted by atomic mass is 10.1. The second-order valence-electron chi connectivity index (χ2n) is 5.38. The van der Waals surface area contributed by atoms with E-state index in [1.54, 1.807) is 12.1 Å². The Labute approximate surface area is 160 Å². The minimum atomic E-state index is 0.0621. The van der Waals surface area contributed by atoms with Crippen molar-refractivity contribution >= 4 is 34.0 Å². The number of rotatable bonds is 9.